The molecule has 1 amide bonds. The third-order valence-corrected chi connectivity index (χ3v) is 6.11. The summed E-state index contributed by atoms with van der Waals surface area (Å²) >= 11 is 0. The van der Waals surface area contributed by atoms with Crippen LogP contribution in [0.1, 0.15) is 85.5 Å². The predicted molar refractivity (Wildman–Crippen MR) is 136 cm³/mol. The van der Waals surface area contributed by atoms with Gasteiger partial charge in [0.05, 0.1) is 18.8 Å². The van der Waals surface area contributed by atoms with E-state index in [-0.39, 0.29) is 5.91 Å². The van der Waals surface area contributed by atoms with Gasteiger partial charge in [0.25, 0.3) is 5.91 Å². The number of carbonyl (C=O) groups is 2. The highest BCUT2D eigenvalue weighted by Crippen LogP contribution is 2.36. The summed E-state index contributed by atoms with van der Waals surface area (Å²) in [7, 11) is 0. The van der Waals surface area contributed by atoms with Crippen molar-refractivity contribution in [2.24, 2.45) is 0 Å². The molecule has 0 aromatic heterocycles. The maximum Gasteiger partial charge on any atom is 0.258 e. The maximum absolute atomic E-state index is 13.7. The summed E-state index contributed by atoms with van der Waals surface area (Å²) in [4.78, 5) is 26.3. The van der Waals surface area contributed by atoms with Gasteiger partial charge in [0, 0.05) is 31.1 Å². The second-order valence-corrected chi connectivity index (χ2v) is 9.00. The average molecular weight is 464 g/mol. The SMILES string of the molecule is C=C(C)c1cc(C(=O)N2Cc3ccc(CCC=O)cc3C2)c(OCCCC)cc1OCCCC. The number of rotatable bonds is 13. The van der Waals surface area contributed by atoms with Crippen LogP contribution in [-0.4, -0.2) is 30.3 Å². The molecule has 2 aromatic rings. The highest BCUT2D eigenvalue weighted by molar-refractivity contribution is 5.98. The zero-order valence-corrected chi connectivity index (χ0v) is 20.8. The molecule has 1 aliphatic rings. The van der Waals surface area contributed by atoms with Gasteiger partial charge < -0.3 is 19.2 Å². The van der Waals surface area contributed by atoms with E-state index in [2.05, 4.69) is 38.6 Å². The van der Waals surface area contributed by atoms with Crippen LogP contribution in [0.25, 0.3) is 5.57 Å². The monoisotopic (exact) mass is 463 g/mol. The number of hydrogen-bond acceptors (Lipinski definition) is 4. The van der Waals surface area contributed by atoms with Crippen LogP contribution in [0, 0.1) is 0 Å². The molecular weight excluding hydrogens is 426 g/mol. The Labute approximate surface area is 203 Å². The van der Waals surface area contributed by atoms with Crippen molar-refractivity contribution in [1.29, 1.82) is 0 Å². The lowest BCUT2D eigenvalue weighted by Crippen LogP contribution is -2.26. The molecule has 0 unspecified atom stereocenters. The fourth-order valence-electron chi connectivity index (χ4n) is 4.10. The summed E-state index contributed by atoms with van der Waals surface area (Å²) < 4.78 is 12.1. The van der Waals surface area contributed by atoms with Crippen LogP contribution < -0.4 is 9.47 Å². The van der Waals surface area contributed by atoms with Gasteiger partial charge in [-0.3, -0.25) is 4.79 Å². The first-order valence-corrected chi connectivity index (χ1v) is 12.4. The summed E-state index contributed by atoms with van der Waals surface area (Å²) in [5.41, 5.74) is 5.66. The minimum absolute atomic E-state index is 0.0558. The van der Waals surface area contributed by atoms with E-state index in [4.69, 9.17) is 9.47 Å². The standard InChI is InChI=1S/C29H37NO4/c1-5-7-14-33-27-18-28(34-15-8-6-2)26(17-25(27)21(3)4)29(32)30-19-23-12-11-22(10-9-13-31)16-24(23)20-30/h11-13,16-18H,3,5-10,14-15,19-20H2,1-2,4H3. The van der Waals surface area contributed by atoms with Crippen molar-refractivity contribution in [3.63, 3.8) is 0 Å². The summed E-state index contributed by atoms with van der Waals surface area (Å²) in [6.07, 6.45) is 6.12. The van der Waals surface area contributed by atoms with E-state index < -0.39 is 0 Å². The highest BCUT2D eigenvalue weighted by atomic mass is 16.5. The lowest BCUT2D eigenvalue weighted by molar-refractivity contribution is -0.107. The Morgan fingerprint density at radius 2 is 1.62 bits per heavy atom. The molecule has 0 saturated carbocycles. The first kappa shape index (κ1) is 25.5. The molecule has 34 heavy (non-hydrogen) atoms. The number of ether oxygens (including phenoxy) is 2. The van der Waals surface area contributed by atoms with Gasteiger partial charge in [-0.1, -0.05) is 51.5 Å². The Morgan fingerprint density at radius 3 is 2.24 bits per heavy atom. The number of hydrogen-bond donors (Lipinski definition) is 0. The van der Waals surface area contributed by atoms with Crippen molar-refractivity contribution < 1.29 is 19.1 Å². The summed E-state index contributed by atoms with van der Waals surface area (Å²) in [6, 6.07) is 9.99. The molecule has 0 radical (unpaired) electrons. The van der Waals surface area contributed by atoms with Crippen LogP contribution in [0.3, 0.4) is 0 Å². The number of allylic oxidation sites excluding steroid dienone is 1. The normalized spacial score (nSPS) is 12.4. The Morgan fingerprint density at radius 1 is 0.971 bits per heavy atom. The molecule has 0 spiro atoms. The Bertz CT molecular complexity index is 1030. The quantitative estimate of drug-likeness (QED) is 0.256. The molecule has 1 aliphatic heterocycles. The molecule has 5 heteroatoms. The zero-order chi connectivity index (χ0) is 24.5. The van der Waals surface area contributed by atoms with Gasteiger partial charge in [0.2, 0.25) is 0 Å². The van der Waals surface area contributed by atoms with E-state index in [1.54, 1.807) is 0 Å². The third kappa shape index (κ3) is 6.28. The van der Waals surface area contributed by atoms with Crippen LogP contribution >= 0.6 is 0 Å². The number of carbonyl (C=O) groups excluding carboxylic acids is 2. The lowest BCUT2D eigenvalue weighted by Gasteiger charge is -2.21. The van der Waals surface area contributed by atoms with Gasteiger partial charge in [0.15, 0.2) is 0 Å². The molecule has 2 aromatic carbocycles. The molecule has 182 valence electrons. The van der Waals surface area contributed by atoms with Gasteiger partial charge in [0.1, 0.15) is 17.8 Å². The van der Waals surface area contributed by atoms with Crippen molar-refractivity contribution in [2.45, 2.75) is 72.4 Å². The van der Waals surface area contributed by atoms with Crippen LogP contribution in [0.2, 0.25) is 0 Å². The smallest absolute Gasteiger partial charge is 0.258 e. The van der Waals surface area contributed by atoms with Crippen molar-refractivity contribution in [1.82, 2.24) is 4.90 Å². The van der Waals surface area contributed by atoms with E-state index in [0.29, 0.717) is 49.8 Å². The van der Waals surface area contributed by atoms with Gasteiger partial charge in [-0.25, -0.2) is 0 Å². The van der Waals surface area contributed by atoms with E-state index in [1.165, 1.54) is 0 Å². The van der Waals surface area contributed by atoms with Crippen molar-refractivity contribution in [2.75, 3.05) is 13.2 Å². The van der Waals surface area contributed by atoms with Gasteiger partial charge in [-0.05, 0) is 54.5 Å². The topological polar surface area (TPSA) is 55.8 Å². The second kappa shape index (κ2) is 12.4. The van der Waals surface area contributed by atoms with Gasteiger partial charge >= 0.3 is 0 Å². The predicted octanol–water partition coefficient (Wildman–Crippen LogP) is 6.37. The van der Waals surface area contributed by atoms with Crippen LogP contribution in [0.4, 0.5) is 0 Å². The molecule has 0 atom stereocenters. The summed E-state index contributed by atoms with van der Waals surface area (Å²) in [6.45, 7) is 12.6. The summed E-state index contributed by atoms with van der Waals surface area (Å²) in [5, 5.41) is 0. The Balaban J connectivity index is 1.89. The Hall–Kier alpha value is -3.08. The number of nitrogens with zero attached hydrogens (tertiary/aromatic N) is 1. The van der Waals surface area contributed by atoms with E-state index in [9.17, 15) is 9.59 Å². The molecule has 0 saturated heterocycles. The molecule has 1 heterocycles. The third-order valence-electron chi connectivity index (χ3n) is 6.11. The first-order valence-electron chi connectivity index (χ1n) is 12.4. The van der Waals surface area contributed by atoms with Crippen LogP contribution in [-0.2, 0) is 24.3 Å². The number of aryl methyl sites for hydroxylation is 1. The Kier molecular flexibility index (Phi) is 9.32. The largest absolute Gasteiger partial charge is 0.493 e. The van der Waals surface area contributed by atoms with Crippen molar-refractivity contribution in [3.05, 3.63) is 64.7 Å². The molecule has 0 bridgehead atoms. The lowest BCUT2D eigenvalue weighted by atomic mass is 10.0. The molecular formula is C29H37NO4. The first-order chi connectivity index (χ1) is 16.5. The molecule has 0 N–H and O–H groups in total. The minimum atomic E-state index is -0.0558. The van der Waals surface area contributed by atoms with E-state index >= 15 is 0 Å². The highest BCUT2D eigenvalue weighted by Gasteiger charge is 2.28. The zero-order valence-electron chi connectivity index (χ0n) is 20.8. The van der Waals surface area contributed by atoms with Crippen molar-refractivity contribution in [3.8, 4) is 11.5 Å². The fraction of sp³-hybridized carbons (Fsp3) is 0.448. The molecule has 0 aliphatic carbocycles. The van der Waals surface area contributed by atoms with E-state index in [0.717, 1.165) is 66.2 Å². The number of fused-ring (bicyclic) bond motifs is 1. The second-order valence-electron chi connectivity index (χ2n) is 9.00. The van der Waals surface area contributed by atoms with Gasteiger partial charge in [-0.2, -0.15) is 0 Å². The number of benzene rings is 2. The number of amides is 1. The molecule has 0 fully saturated rings. The number of unbranched alkanes of at least 4 members (excludes halogenated alkanes) is 2. The van der Waals surface area contributed by atoms with Crippen LogP contribution in [0.15, 0.2) is 36.9 Å². The molecule has 3 rings (SSSR count). The minimum Gasteiger partial charge on any atom is -0.493 e. The molecule has 5 nitrogen and oxygen atoms in total. The maximum atomic E-state index is 13.7. The van der Waals surface area contributed by atoms with E-state index in [1.807, 2.05) is 24.0 Å². The number of aldehydes is 1. The average Bonchev–Trinajstić information content (AvgIpc) is 3.26. The van der Waals surface area contributed by atoms with Gasteiger partial charge in [-0.15, -0.1) is 0 Å². The van der Waals surface area contributed by atoms with Crippen molar-refractivity contribution >= 4 is 17.8 Å². The fourth-order valence-corrected chi connectivity index (χ4v) is 4.10. The van der Waals surface area contributed by atoms with Crippen LogP contribution in [0.5, 0.6) is 11.5 Å². The summed E-state index contributed by atoms with van der Waals surface area (Å²) in [5.74, 6) is 1.23.